The Morgan fingerprint density at radius 2 is 1.83 bits per heavy atom. The number of allylic oxidation sites excluding steroid dienone is 2. The summed E-state index contributed by atoms with van der Waals surface area (Å²) < 4.78 is 23.6. The van der Waals surface area contributed by atoms with E-state index in [0.29, 0.717) is 13.0 Å². The number of epoxide rings is 1. The Hall–Kier alpha value is -2.49. The fourth-order valence-corrected chi connectivity index (χ4v) is 5.77. The summed E-state index contributed by atoms with van der Waals surface area (Å²) >= 11 is 0. The van der Waals surface area contributed by atoms with Crippen LogP contribution in [0.1, 0.15) is 87.0 Å². The van der Waals surface area contributed by atoms with Gasteiger partial charge in [0, 0.05) is 32.4 Å². The number of carbonyl (C=O) groups excluding carboxylic acids is 3. The molecule has 0 bridgehead atoms. The number of amides is 2. The third-order valence-electron chi connectivity index (χ3n) is 8.23. The van der Waals surface area contributed by atoms with Crippen LogP contribution in [0.3, 0.4) is 0 Å². The van der Waals surface area contributed by atoms with E-state index in [9.17, 15) is 14.4 Å². The lowest BCUT2D eigenvalue weighted by atomic mass is 9.87. The van der Waals surface area contributed by atoms with E-state index < -0.39 is 6.10 Å². The summed E-state index contributed by atoms with van der Waals surface area (Å²) in [7, 11) is 0. The van der Waals surface area contributed by atoms with E-state index in [1.807, 2.05) is 13.8 Å². The summed E-state index contributed by atoms with van der Waals surface area (Å²) in [6.07, 6.45) is 13.2. The first-order valence-electron chi connectivity index (χ1n) is 15.2. The second kappa shape index (κ2) is 15.1. The number of hydrogen-bond donors (Lipinski definition) is 2. The monoisotopic (exact) mass is 574 g/mol. The predicted molar refractivity (Wildman–Crippen MR) is 157 cm³/mol. The molecule has 9 heteroatoms. The number of rotatable bonds is 12. The van der Waals surface area contributed by atoms with Crippen LogP contribution in [0.5, 0.6) is 0 Å². The molecule has 3 aliphatic rings. The van der Waals surface area contributed by atoms with Crippen molar-refractivity contribution in [2.24, 2.45) is 5.92 Å². The van der Waals surface area contributed by atoms with Crippen LogP contribution in [-0.4, -0.2) is 72.6 Å². The van der Waals surface area contributed by atoms with Gasteiger partial charge in [-0.2, -0.15) is 0 Å². The summed E-state index contributed by atoms with van der Waals surface area (Å²) in [6, 6.07) is -0.0905. The molecule has 3 saturated heterocycles. The predicted octanol–water partition coefficient (Wildman–Crippen LogP) is 4.31. The standard InChI is InChI=1S/C32H50N2O7/c1-8-15-33-31(37)17-27-19-32(24(6)41-32)18-26(40-27)12-9-20(2)10-13-29-21(3)16-28(23(5)39-29)34-30(36)14-11-22(4)38-25(7)35/h9-12,14,21-24,26-29H,8,13,15-19H2,1-7H3,(H,33,37)(H,34,36)/b12-9+,14-11-,20-10+/t21?,22?,23?,24?,26?,27-,28?,29?,32?/m1/s1. The van der Waals surface area contributed by atoms with Gasteiger partial charge in [0.05, 0.1) is 48.6 Å². The Kier molecular flexibility index (Phi) is 12.2. The van der Waals surface area contributed by atoms with Crippen molar-refractivity contribution in [3.8, 4) is 0 Å². The fraction of sp³-hybridized carbons (Fsp3) is 0.719. The lowest BCUT2D eigenvalue weighted by molar-refractivity contribution is -0.143. The zero-order valence-corrected chi connectivity index (χ0v) is 25.8. The molecule has 0 saturated carbocycles. The molecule has 3 rings (SSSR count). The smallest absolute Gasteiger partial charge is 0.303 e. The highest BCUT2D eigenvalue weighted by Crippen LogP contribution is 2.48. The van der Waals surface area contributed by atoms with E-state index in [2.05, 4.69) is 49.6 Å². The Morgan fingerprint density at radius 1 is 1.10 bits per heavy atom. The van der Waals surface area contributed by atoms with Crippen LogP contribution in [-0.2, 0) is 33.3 Å². The Labute approximate surface area is 245 Å². The molecule has 9 atom stereocenters. The molecule has 230 valence electrons. The van der Waals surface area contributed by atoms with Gasteiger partial charge in [-0.3, -0.25) is 14.4 Å². The molecule has 0 aromatic carbocycles. The van der Waals surface area contributed by atoms with Crippen LogP contribution in [0, 0.1) is 5.92 Å². The zero-order chi connectivity index (χ0) is 30.2. The fourth-order valence-electron chi connectivity index (χ4n) is 5.77. The number of carbonyl (C=O) groups is 3. The van der Waals surface area contributed by atoms with Crippen molar-refractivity contribution in [3.05, 3.63) is 36.0 Å². The molecule has 0 aromatic heterocycles. The first-order valence-corrected chi connectivity index (χ1v) is 15.2. The Morgan fingerprint density at radius 3 is 2.49 bits per heavy atom. The van der Waals surface area contributed by atoms with Gasteiger partial charge in [0.2, 0.25) is 11.8 Å². The summed E-state index contributed by atoms with van der Waals surface area (Å²) in [5.41, 5.74) is 0.950. The third-order valence-corrected chi connectivity index (χ3v) is 8.23. The van der Waals surface area contributed by atoms with Gasteiger partial charge in [-0.15, -0.1) is 0 Å². The second-order valence-corrected chi connectivity index (χ2v) is 12.0. The van der Waals surface area contributed by atoms with Crippen LogP contribution in [0.4, 0.5) is 0 Å². The molecule has 0 radical (unpaired) electrons. The summed E-state index contributed by atoms with van der Waals surface area (Å²) in [5, 5.41) is 5.97. The molecule has 2 N–H and O–H groups in total. The molecule has 9 nitrogen and oxygen atoms in total. The molecule has 0 aliphatic carbocycles. The summed E-state index contributed by atoms with van der Waals surface area (Å²) in [4.78, 5) is 35.7. The maximum atomic E-state index is 12.4. The highest BCUT2D eigenvalue weighted by molar-refractivity contribution is 5.87. The van der Waals surface area contributed by atoms with Gasteiger partial charge in [-0.25, -0.2) is 0 Å². The van der Waals surface area contributed by atoms with Crippen molar-refractivity contribution in [1.29, 1.82) is 0 Å². The van der Waals surface area contributed by atoms with Gasteiger partial charge in [0.25, 0.3) is 0 Å². The van der Waals surface area contributed by atoms with Gasteiger partial charge in [-0.05, 0) is 59.0 Å². The highest BCUT2D eigenvalue weighted by atomic mass is 16.6. The van der Waals surface area contributed by atoms with Crippen LogP contribution in [0.2, 0.25) is 0 Å². The second-order valence-electron chi connectivity index (χ2n) is 12.0. The van der Waals surface area contributed by atoms with Crippen molar-refractivity contribution in [1.82, 2.24) is 10.6 Å². The van der Waals surface area contributed by atoms with Crippen molar-refractivity contribution in [3.63, 3.8) is 0 Å². The number of esters is 1. The molecule has 41 heavy (non-hydrogen) atoms. The lowest BCUT2D eigenvalue weighted by Gasteiger charge is -2.39. The minimum atomic E-state index is -0.458. The first-order chi connectivity index (χ1) is 19.4. The van der Waals surface area contributed by atoms with E-state index in [-0.39, 0.29) is 65.9 Å². The van der Waals surface area contributed by atoms with Crippen LogP contribution in [0.25, 0.3) is 0 Å². The van der Waals surface area contributed by atoms with Crippen LogP contribution < -0.4 is 10.6 Å². The third kappa shape index (κ3) is 10.4. The van der Waals surface area contributed by atoms with Gasteiger partial charge >= 0.3 is 5.97 Å². The minimum Gasteiger partial charge on any atom is -0.459 e. The molecule has 1 spiro atoms. The number of ether oxygens (including phenoxy) is 4. The van der Waals surface area contributed by atoms with Crippen molar-refractivity contribution in [2.75, 3.05) is 6.54 Å². The molecule has 8 unspecified atom stereocenters. The molecule has 3 heterocycles. The van der Waals surface area contributed by atoms with Crippen molar-refractivity contribution >= 4 is 17.8 Å². The lowest BCUT2D eigenvalue weighted by Crippen LogP contribution is -2.50. The quantitative estimate of drug-likeness (QED) is 0.155. The Balaban J connectivity index is 1.48. The van der Waals surface area contributed by atoms with Crippen molar-refractivity contribution in [2.45, 2.75) is 135 Å². The highest BCUT2D eigenvalue weighted by Gasteiger charge is 2.57. The van der Waals surface area contributed by atoms with E-state index in [1.54, 1.807) is 13.0 Å². The van der Waals surface area contributed by atoms with E-state index in [1.165, 1.54) is 13.0 Å². The van der Waals surface area contributed by atoms with E-state index >= 15 is 0 Å². The molecule has 3 aliphatic heterocycles. The molecule has 2 amide bonds. The largest absolute Gasteiger partial charge is 0.459 e. The maximum absolute atomic E-state index is 12.4. The van der Waals surface area contributed by atoms with Gasteiger partial charge in [0.15, 0.2) is 0 Å². The number of nitrogens with one attached hydrogen (secondary N) is 2. The van der Waals surface area contributed by atoms with Gasteiger partial charge in [-0.1, -0.05) is 37.6 Å². The maximum Gasteiger partial charge on any atom is 0.303 e. The molecular weight excluding hydrogens is 524 g/mol. The van der Waals surface area contributed by atoms with E-state index in [0.717, 1.165) is 37.7 Å². The van der Waals surface area contributed by atoms with Gasteiger partial charge < -0.3 is 29.6 Å². The Bertz CT molecular complexity index is 1010. The topological polar surface area (TPSA) is 115 Å². The van der Waals surface area contributed by atoms with Crippen LogP contribution >= 0.6 is 0 Å². The zero-order valence-electron chi connectivity index (χ0n) is 25.8. The SMILES string of the molecule is CCCNC(=O)C[C@@H]1CC2(CC(/C=C/C(C)=C/CC3OC(C)C(NC(=O)/C=C\C(C)OC(C)=O)CC3C)O1)OC2C. The first kappa shape index (κ1) is 33.0. The average molecular weight is 575 g/mol. The molecule has 0 aromatic rings. The normalized spacial score (nSPS) is 34.5. The summed E-state index contributed by atoms with van der Waals surface area (Å²) in [6.45, 7) is 14.1. The van der Waals surface area contributed by atoms with Gasteiger partial charge in [0.1, 0.15) is 6.10 Å². The van der Waals surface area contributed by atoms with Crippen LogP contribution in [0.15, 0.2) is 36.0 Å². The average Bonchev–Trinajstić information content (AvgIpc) is 3.51. The molecule has 3 fully saturated rings. The van der Waals surface area contributed by atoms with Crippen molar-refractivity contribution < 1.29 is 33.3 Å². The molecular formula is C32H50N2O7. The number of hydrogen-bond acceptors (Lipinski definition) is 7. The summed E-state index contributed by atoms with van der Waals surface area (Å²) in [5.74, 6) is -0.309. The minimum absolute atomic E-state index is 0.0315. The van der Waals surface area contributed by atoms with E-state index in [4.69, 9.17) is 18.9 Å².